The molecule has 6 nitrogen and oxygen atoms in total. The van der Waals surface area contributed by atoms with Crippen LogP contribution in [0.3, 0.4) is 0 Å². The molecule has 1 aliphatic rings. The number of nitrogens with one attached hydrogen (secondary N) is 1. The molecular formula is C11H18N2O4. The van der Waals surface area contributed by atoms with Gasteiger partial charge >= 0.3 is 6.03 Å². The Morgan fingerprint density at radius 1 is 1.35 bits per heavy atom. The highest BCUT2D eigenvalue weighted by Gasteiger charge is 2.52. The van der Waals surface area contributed by atoms with Crippen molar-refractivity contribution in [2.24, 2.45) is 11.3 Å². The van der Waals surface area contributed by atoms with Gasteiger partial charge in [-0.3, -0.25) is 20.1 Å². The van der Waals surface area contributed by atoms with Crippen LogP contribution in [0.5, 0.6) is 0 Å². The largest absolute Gasteiger partial charge is 0.355 e. The number of nitrogens with zero attached hydrogens (tertiary/aromatic N) is 1. The number of urea groups is 1. The first-order valence-corrected chi connectivity index (χ1v) is 5.74. The fraction of sp³-hybridized carbons (Fsp3) is 0.727. The fourth-order valence-corrected chi connectivity index (χ4v) is 1.91. The van der Waals surface area contributed by atoms with E-state index in [4.69, 9.17) is 0 Å². The van der Waals surface area contributed by atoms with Crippen LogP contribution in [-0.4, -0.2) is 28.1 Å². The smallest absolute Gasteiger partial charge is 0.277 e. The molecule has 1 aliphatic heterocycles. The van der Waals surface area contributed by atoms with Crippen LogP contribution in [0, 0.1) is 11.3 Å². The van der Waals surface area contributed by atoms with Crippen LogP contribution in [0.15, 0.2) is 0 Å². The fourth-order valence-electron chi connectivity index (χ4n) is 1.91. The predicted octanol–water partition coefficient (Wildman–Crippen LogP) is 1.29. The molecule has 1 atom stereocenters. The quantitative estimate of drug-likeness (QED) is 0.574. The van der Waals surface area contributed by atoms with Gasteiger partial charge in [0.1, 0.15) is 5.41 Å². The molecule has 0 aliphatic carbocycles. The standard InChI is InChI=1S/C11H18N2O4/c1-4-11(6-5-7(2)3)8(14)12-10(16)13(17)9(11)15/h7,17H,4-6H2,1-3H3,(H,12,14,16)/t11-/m0/s1. The van der Waals surface area contributed by atoms with Crippen molar-refractivity contribution >= 4 is 17.8 Å². The molecule has 96 valence electrons. The van der Waals surface area contributed by atoms with Crippen LogP contribution in [-0.2, 0) is 9.59 Å². The van der Waals surface area contributed by atoms with E-state index < -0.39 is 23.3 Å². The van der Waals surface area contributed by atoms with E-state index in [1.54, 1.807) is 6.92 Å². The summed E-state index contributed by atoms with van der Waals surface area (Å²) < 4.78 is 0. The van der Waals surface area contributed by atoms with Crippen LogP contribution in [0.25, 0.3) is 0 Å². The summed E-state index contributed by atoms with van der Waals surface area (Å²) in [5.74, 6) is -1.10. The Morgan fingerprint density at radius 3 is 2.41 bits per heavy atom. The highest BCUT2D eigenvalue weighted by Crippen LogP contribution is 2.34. The van der Waals surface area contributed by atoms with Gasteiger partial charge in [0.25, 0.3) is 5.91 Å². The van der Waals surface area contributed by atoms with Gasteiger partial charge in [-0.1, -0.05) is 20.8 Å². The minimum absolute atomic E-state index is 0.00519. The molecule has 1 rings (SSSR count). The zero-order valence-electron chi connectivity index (χ0n) is 10.3. The molecule has 0 aromatic rings. The Balaban J connectivity index is 2.98. The Kier molecular flexibility index (Phi) is 3.87. The summed E-state index contributed by atoms with van der Waals surface area (Å²) in [5, 5.41) is 11.3. The van der Waals surface area contributed by atoms with E-state index in [0.717, 1.165) is 0 Å². The summed E-state index contributed by atoms with van der Waals surface area (Å²) in [5.41, 5.74) is -1.31. The molecule has 0 spiro atoms. The second-order valence-electron chi connectivity index (χ2n) is 4.74. The van der Waals surface area contributed by atoms with Crippen molar-refractivity contribution in [3.8, 4) is 0 Å². The summed E-state index contributed by atoms with van der Waals surface area (Å²) >= 11 is 0. The summed E-state index contributed by atoms with van der Waals surface area (Å²) in [6, 6.07) is -1.08. The van der Waals surface area contributed by atoms with Crippen LogP contribution in [0.2, 0.25) is 0 Å². The Morgan fingerprint density at radius 2 is 1.94 bits per heavy atom. The topological polar surface area (TPSA) is 86.7 Å². The van der Waals surface area contributed by atoms with Gasteiger partial charge in [-0.15, -0.1) is 5.06 Å². The number of imide groups is 2. The van der Waals surface area contributed by atoms with Gasteiger partial charge in [-0.2, -0.15) is 0 Å². The van der Waals surface area contributed by atoms with E-state index in [1.807, 2.05) is 19.2 Å². The number of hydrogen-bond acceptors (Lipinski definition) is 4. The molecule has 1 heterocycles. The molecule has 17 heavy (non-hydrogen) atoms. The Labute approximate surface area is 99.9 Å². The number of carbonyl (C=O) groups excluding carboxylic acids is 3. The highest BCUT2D eigenvalue weighted by atomic mass is 16.5. The lowest BCUT2D eigenvalue weighted by molar-refractivity contribution is -0.174. The summed E-state index contributed by atoms with van der Waals surface area (Å²) in [7, 11) is 0. The molecule has 0 aromatic carbocycles. The number of barbiturate groups is 1. The number of hydrogen-bond donors (Lipinski definition) is 2. The second kappa shape index (κ2) is 4.83. The van der Waals surface area contributed by atoms with Crippen molar-refractivity contribution < 1.29 is 19.6 Å². The molecule has 0 saturated carbocycles. The first-order valence-electron chi connectivity index (χ1n) is 5.74. The molecule has 0 aromatic heterocycles. The van der Waals surface area contributed by atoms with E-state index in [0.29, 0.717) is 18.8 Å². The minimum Gasteiger partial charge on any atom is -0.277 e. The lowest BCUT2D eigenvalue weighted by Gasteiger charge is -2.36. The molecule has 2 N–H and O–H groups in total. The van der Waals surface area contributed by atoms with Crippen LogP contribution >= 0.6 is 0 Å². The Bertz CT molecular complexity index is 353. The summed E-state index contributed by atoms with van der Waals surface area (Å²) in [6.45, 7) is 5.66. The maximum absolute atomic E-state index is 11.9. The molecule has 6 heteroatoms. The second-order valence-corrected chi connectivity index (χ2v) is 4.74. The molecule has 4 amide bonds. The third-order valence-corrected chi connectivity index (χ3v) is 3.20. The van der Waals surface area contributed by atoms with Crippen molar-refractivity contribution in [1.82, 2.24) is 10.4 Å². The number of amides is 4. The zero-order valence-corrected chi connectivity index (χ0v) is 10.3. The van der Waals surface area contributed by atoms with Gasteiger partial charge in [0.15, 0.2) is 0 Å². The van der Waals surface area contributed by atoms with Crippen LogP contribution in [0.1, 0.15) is 40.0 Å². The lowest BCUT2D eigenvalue weighted by Crippen LogP contribution is -2.62. The van der Waals surface area contributed by atoms with E-state index >= 15 is 0 Å². The van der Waals surface area contributed by atoms with Gasteiger partial charge in [0.2, 0.25) is 5.91 Å². The van der Waals surface area contributed by atoms with E-state index in [9.17, 15) is 19.6 Å². The van der Waals surface area contributed by atoms with Crippen LogP contribution in [0.4, 0.5) is 4.79 Å². The van der Waals surface area contributed by atoms with Crippen molar-refractivity contribution in [2.75, 3.05) is 0 Å². The van der Waals surface area contributed by atoms with Crippen molar-refractivity contribution in [3.05, 3.63) is 0 Å². The van der Waals surface area contributed by atoms with Crippen molar-refractivity contribution in [2.45, 2.75) is 40.0 Å². The minimum atomic E-state index is -1.31. The van der Waals surface area contributed by atoms with Gasteiger partial charge < -0.3 is 0 Å². The molecule has 1 fully saturated rings. The SMILES string of the molecule is CC[C@]1(CCC(C)C)C(=O)NC(=O)N(O)C1=O. The van der Waals surface area contributed by atoms with Gasteiger partial charge in [-0.25, -0.2) is 4.79 Å². The Hall–Kier alpha value is -1.43. The molecule has 0 radical (unpaired) electrons. The lowest BCUT2D eigenvalue weighted by atomic mass is 9.76. The molecule has 1 saturated heterocycles. The molecular weight excluding hydrogens is 224 g/mol. The zero-order chi connectivity index (χ0) is 13.2. The third-order valence-electron chi connectivity index (χ3n) is 3.20. The average Bonchev–Trinajstić information content (AvgIpc) is 2.27. The normalized spacial score (nSPS) is 25.5. The number of rotatable bonds is 4. The van der Waals surface area contributed by atoms with Crippen molar-refractivity contribution in [3.63, 3.8) is 0 Å². The monoisotopic (exact) mass is 242 g/mol. The van der Waals surface area contributed by atoms with E-state index in [1.165, 1.54) is 0 Å². The summed E-state index contributed by atoms with van der Waals surface area (Å²) in [4.78, 5) is 34.8. The maximum Gasteiger partial charge on any atom is 0.355 e. The first-order chi connectivity index (χ1) is 7.85. The predicted molar refractivity (Wildman–Crippen MR) is 59.0 cm³/mol. The van der Waals surface area contributed by atoms with Gasteiger partial charge in [0, 0.05) is 0 Å². The van der Waals surface area contributed by atoms with Gasteiger partial charge in [-0.05, 0) is 25.2 Å². The molecule has 0 unspecified atom stereocenters. The number of carbonyl (C=O) groups is 3. The highest BCUT2D eigenvalue weighted by molar-refractivity contribution is 6.18. The summed E-state index contributed by atoms with van der Waals surface area (Å²) in [6.07, 6.45) is 1.26. The number of hydroxylamine groups is 2. The third kappa shape index (κ3) is 2.31. The first kappa shape index (κ1) is 13.6. The van der Waals surface area contributed by atoms with E-state index in [-0.39, 0.29) is 11.5 Å². The molecule has 0 bridgehead atoms. The average molecular weight is 242 g/mol. The van der Waals surface area contributed by atoms with Crippen molar-refractivity contribution in [1.29, 1.82) is 0 Å². The maximum atomic E-state index is 11.9. The van der Waals surface area contributed by atoms with Gasteiger partial charge in [0.05, 0.1) is 0 Å². The van der Waals surface area contributed by atoms with Crippen LogP contribution < -0.4 is 5.32 Å². The van der Waals surface area contributed by atoms with E-state index in [2.05, 4.69) is 0 Å².